The lowest BCUT2D eigenvalue weighted by atomic mass is 9.87. The lowest BCUT2D eigenvalue weighted by Gasteiger charge is -2.42. The van der Waals surface area contributed by atoms with Crippen molar-refractivity contribution in [3.63, 3.8) is 0 Å². The molecule has 12 heteroatoms. The summed E-state index contributed by atoms with van der Waals surface area (Å²) in [6.45, 7) is 2.36. The first kappa shape index (κ1) is 30.8. The van der Waals surface area contributed by atoms with Gasteiger partial charge in [0.25, 0.3) is 0 Å². The van der Waals surface area contributed by atoms with Gasteiger partial charge in [-0.2, -0.15) is 17.5 Å². The summed E-state index contributed by atoms with van der Waals surface area (Å²) in [6, 6.07) is 9.44. The van der Waals surface area contributed by atoms with E-state index in [2.05, 4.69) is 16.0 Å². The van der Waals surface area contributed by atoms with E-state index in [4.69, 9.17) is 0 Å². The molecule has 0 bridgehead atoms. The third-order valence-corrected chi connectivity index (χ3v) is 11.5. The minimum absolute atomic E-state index is 0.0502. The Morgan fingerprint density at radius 1 is 1.07 bits per heavy atom. The lowest BCUT2D eigenvalue weighted by Crippen LogP contribution is -2.48. The maximum absolute atomic E-state index is 13.7. The van der Waals surface area contributed by atoms with Gasteiger partial charge in [0, 0.05) is 76.0 Å². The maximum Gasteiger partial charge on any atom is 0.416 e. The molecule has 0 radical (unpaired) electrons. The minimum Gasteiger partial charge on any atom is -0.349 e. The number of benzene rings is 1. The molecular weight excluding hydrogens is 591 g/mol. The van der Waals surface area contributed by atoms with Gasteiger partial charge in [0.1, 0.15) is 0 Å². The van der Waals surface area contributed by atoms with Gasteiger partial charge in [0.15, 0.2) is 0 Å². The molecule has 1 aromatic carbocycles. The fourth-order valence-corrected chi connectivity index (χ4v) is 8.83. The summed E-state index contributed by atoms with van der Waals surface area (Å²) in [5, 5.41) is 0. The molecule has 0 N–H and O–H groups in total. The number of carbonyl (C=O) groups excluding carboxylic acids is 1. The molecule has 44 heavy (non-hydrogen) atoms. The number of fused-ring (bicyclic) bond motifs is 2. The summed E-state index contributed by atoms with van der Waals surface area (Å²) < 4.78 is 70.9. The van der Waals surface area contributed by atoms with Crippen molar-refractivity contribution < 1.29 is 26.4 Å². The largest absolute Gasteiger partial charge is 0.416 e. The van der Waals surface area contributed by atoms with Gasteiger partial charge in [-0.15, -0.1) is 0 Å². The molecule has 3 atom stereocenters. The van der Waals surface area contributed by atoms with Crippen LogP contribution in [0.1, 0.15) is 67.0 Å². The quantitative estimate of drug-likeness (QED) is 0.357. The Morgan fingerprint density at radius 2 is 1.91 bits per heavy atom. The predicted molar refractivity (Wildman–Crippen MR) is 159 cm³/mol. The normalized spacial score (nSPS) is 23.1. The molecule has 8 nitrogen and oxygen atoms in total. The zero-order valence-electron chi connectivity index (χ0n) is 24.8. The van der Waals surface area contributed by atoms with Crippen molar-refractivity contribution >= 4 is 15.9 Å². The third-order valence-electron chi connectivity index (χ3n) is 9.64. The number of hydrogen-bond acceptors (Lipinski definition) is 5. The highest BCUT2D eigenvalue weighted by molar-refractivity contribution is 7.89. The number of rotatable bonds is 7. The van der Waals surface area contributed by atoms with E-state index in [9.17, 15) is 26.4 Å². The molecule has 1 unspecified atom stereocenters. The number of aromatic nitrogens is 2. The molecule has 3 aromatic rings. The SMILES string of the molecule is CN(C(=O)CCC1c2cccn2CCN1S(=O)(=O)c1cccc(C(F)(F)F)c1)[C@H]1CCC[C@@H](N2CCc3cnccc3C2)C1. The van der Waals surface area contributed by atoms with Crippen molar-refractivity contribution in [3.8, 4) is 0 Å². The van der Waals surface area contributed by atoms with Crippen LogP contribution in [0.2, 0.25) is 0 Å². The van der Waals surface area contributed by atoms with E-state index < -0.39 is 32.7 Å². The van der Waals surface area contributed by atoms with E-state index in [1.807, 2.05) is 47.2 Å². The van der Waals surface area contributed by atoms with E-state index in [1.54, 1.807) is 0 Å². The van der Waals surface area contributed by atoms with Crippen molar-refractivity contribution in [1.29, 1.82) is 0 Å². The molecule has 2 aliphatic heterocycles. The van der Waals surface area contributed by atoms with Crippen LogP contribution in [0.5, 0.6) is 0 Å². The number of alkyl halides is 3. The van der Waals surface area contributed by atoms with E-state index in [1.165, 1.54) is 21.5 Å². The zero-order valence-corrected chi connectivity index (χ0v) is 25.6. The van der Waals surface area contributed by atoms with Crippen LogP contribution < -0.4 is 0 Å². The summed E-state index contributed by atoms with van der Waals surface area (Å²) in [5.74, 6) is -0.0502. The first-order valence-electron chi connectivity index (χ1n) is 15.3. The van der Waals surface area contributed by atoms with Gasteiger partial charge in [-0.05, 0) is 86.1 Å². The van der Waals surface area contributed by atoms with Crippen molar-refractivity contribution in [1.82, 2.24) is 23.7 Å². The van der Waals surface area contributed by atoms with Gasteiger partial charge < -0.3 is 9.47 Å². The molecule has 1 saturated carbocycles. The van der Waals surface area contributed by atoms with E-state index in [0.29, 0.717) is 18.7 Å². The van der Waals surface area contributed by atoms with Gasteiger partial charge in [-0.1, -0.05) is 6.07 Å². The van der Waals surface area contributed by atoms with Gasteiger partial charge in [0.2, 0.25) is 15.9 Å². The van der Waals surface area contributed by atoms with Crippen LogP contribution >= 0.6 is 0 Å². The molecule has 3 aliphatic rings. The fourth-order valence-electron chi connectivity index (χ4n) is 7.16. The standard InChI is InChI=1S/C32H38F3N5O3S/c1-37(26-6-3-7-27(20-26)39-16-13-23-21-36-14-12-24(23)22-39)31(41)11-10-30-29-9-4-15-38(29)17-18-40(30)44(42,43)28-8-2-5-25(19-28)32(33,34)35/h2,4-5,8-9,12,14-15,19,21,26-27,30H,3,6-7,10-11,13,16-18,20,22H2,1H3/t26-,27+,30?/m0/s1. The zero-order chi connectivity index (χ0) is 31.1. The Kier molecular flexibility index (Phi) is 8.60. The highest BCUT2D eigenvalue weighted by atomic mass is 32.2. The summed E-state index contributed by atoms with van der Waals surface area (Å²) in [4.78, 5) is 21.8. The van der Waals surface area contributed by atoms with Gasteiger partial charge in [0.05, 0.1) is 16.5 Å². The number of carbonyl (C=O) groups is 1. The molecule has 1 aliphatic carbocycles. The minimum atomic E-state index is -4.66. The second-order valence-electron chi connectivity index (χ2n) is 12.2. The first-order chi connectivity index (χ1) is 21.0. The second kappa shape index (κ2) is 12.3. The Labute approximate surface area is 256 Å². The Bertz CT molecular complexity index is 1610. The Balaban J connectivity index is 1.14. The molecule has 1 amide bonds. The number of pyridine rings is 1. The van der Waals surface area contributed by atoms with Crippen molar-refractivity contribution in [2.45, 2.75) is 87.2 Å². The average Bonchev–Trinajstić information content (AvgIpc) is 3.52. The number of hydrogen-bond donors (Lipinski definition) is 0. The lowest BCUT2D eigenvalue weighted by molar-refractivity contribution is -0.137. The maximum atomic E-state index is 13.7. The number of halogens is 3. The van der Waals surface area contributed by atoms with Crippen molar-refractivity contribution in [2.24, 2.45) is 0 Å². The second-order valence-corrected chi connectivity index (χ2v) is 14.1. The van der Waals surface area contributed by atoms with E-state index in [0.717, 1.165) is 63.0 Å². The van der Waals surface area contributed by atoms with Crippen LogP contribution in [-0.2, 0) is 40.5 Å². The molecule has 4 heterocycles. The monoisotopic (exact) mass is 629 g/mol. The summed E-state index contributed by atoms with van der Waals surface area (Å²) >= 11 is 0. The Hall–Kier alpha value is -3.22. The number of nitrogens with zero attached hydrogens (tertiary/aromatic N) is 5. The van der Waals surface area contributed by atoms with Gasteiger partial charge in [-0.25, -0.2) is 8.42 Å². The average molecular weight is 630 g/mol. The fraction of sp³-hybridized carbons (Fsp3) is 0.500. The number of sulfonamides is 1. The number of amides is 1. The molecule has 1 fully saturated rings. The van der Waals surface area contributed by atoms with Crippen LogP contribution in [0.15, 0.2) is 66.0 Å². The molecule has 2 aromatic heterocycles. The van der Waals surface area contributed by atoms with Crippen LogP contribution in [0.25, 0.3) is 0 Å². The first-order valence-corrected chi connectivity index (χ1v) is 16.7. The third kappa shape index (κ3) is 6.16. The smallest absolute Gasteiger partial charge is 0.349 e. The van der Waals surface area contributed by atoms with Crippen molar-refractivity contribution in [2.75, 3.05) is 20.1 Å². The van der Waals surface area contributed by atoms with Crippen molar-refractivity contribution in [3.05, 3.63) is 83.4 Å². The summed E-state index contributed by atoms with van der Waals surface area (Å²) in [5.41, 5.74) is 2.35. The van der Waals surface area contributed by atoms with Gasteiger partial charge >= 0.3 is 6.18 Å². The van der Waals surface area contributed by atoms with Crippen LogP contribution in [-0.4, -0.2) is 70.2 Å². The van der Waals surface area contributed by atoms with Crippen LogP contribution in [0, 0.1) is 0 Å². The van der Waals surface area contributed by atoms with Crippen LogP contribution in [0.4, 0.5) is 13.2 Å². The summed E-state index contributed by atoms with van der Waals surface area (Å²) in [7, 11) is -2.42. The van der Waals surface area contributed by atoms with E-state index in [-0.39, 0.29) is 31.3 Å². The molecule has 236 valence electrons. The highest BCUT2D eigenvalue weighted by Gasteiger charge is 2.39. The van der Waals surface area contributed by atoms with E-state index >= 15 is 0 Å². The highest BCUT2D eigenvalue weighted by Crippen LogP contribution is 2.37. The molecular formula is C32H38F3N5O3S. The summed E-state index contributed by atoms with van der Waals surface area (Å²) in [6.07, 6.45) is 6.29. The molecule has 0 spiro atoms. The van der Waals surface area contributed by atoms with Crippen LogP contribution in [0.3, 0.4) is 0 Å². The van der Waals surface area contributed by atoms with Gasteiger partial charge in [-0.3, -0.25) is 14.7 Å². The predicted octanol–water partition coefficient (Wildman–Crippen LogP) is 5.26. The molecule has 6 rings (SSSR count). The Morgan fingerprint density at radius 3 is 2.73 bits per heavy atom. The molecule has 0 saturated heterocycles. The topological polar surface area (TPSA) is 78.8 Å².